The lowest BCUT2D eigenvalue weighted by molar-refractivity contribution is -0.384. The van der Waals surface area contributed by atoms with E-state index in [2.05, 4.69) is 0 Å². The van der Waals surface area contributed by atoms with Crippen LogP contribution in [0.3, 0.4) is 0 Å². The Balaban J connectivity index is 2.00. The van der Waals surface area contributed by atoms with Crippen molar-refractivity contribution >= 4 is 51.5 Å². The number of hydrogen-bond donors (Lipinski definition) is 0. The smallest absolute Gasteiger partial charge is 0.268 e. The van der Waals surface area contributed by atoms with Crippen molar-refractivity contribution in [1.82, 2.24) is 0 Å². The molecule has 1 fully saturated rings. The Morgan fingerprint density at radius 3 is 2.31 bits per heavy atom. The molecule has 1 aliphatic rings. The molecule has 0 radical (unpaired) electrons. The zero-order valence-corrected chi connectivity index (χ0v) is 16.1. The molecular weight excluding hydrogens is 433 g/mol. The second kappa shape index (κ2) is 7.53. The maximum absolute atomic E-state index is 13.1. The number of carbonyl (C=O) groups is 2. The van der Waals surface area contributed by atoms with Crippen molar-refractivity contribution in [3.05, 3.63) is 73.6 Å². The number of halogens is 4. The summed E-state index contributed by atoms with van der Waals surface area (Å²) < 4.78 is 39.3. The van der Waals surface area contributed by atoms with Crippen LogP contribution >= 0.6 is 23.4 Å². The monoisotopic (exact) mass is 442 g/mol. The third kappa shape index (κ3) is 3.99. The minimum Gasteiger partial charge on any atom is -0.268 e. The lowest BCUT2D eigenvalue weighted by atomic mass is 10.1. The molecule has 6 nitrogen and oxygen atoms in total. The topological polar surface area (TPSA) is 80.5 Å². The van der Waals surface area contributed by atoms with E-state index in [1.807, 2.05) is 0 Å². The largest absolute Gasteiger partial charge is 0.417 e. The number of benzene rings is 2. The predicted molar refractivity (Wildman–Crippen MR) is 103 cm³/mol. The number of amides is 2. The maximum atomic E-state index is 13.1. The molecule has 1 heterocycles. The number of nitro groups is 1. The standard InChI is InChI=1S/C18H10ClF3N2O4S/c1-9(10-2-4-11(5-3-10)24(27)28)15-16(25)23(17(26)29-15)12-6-7-14(19)13(8-12)18(20,21)22/h2-8H,1H3/b15-9-. The Morgan fingerprint density at radius 2 is 1.76 bits per heavy atom. The third-order valence-corrected chi connectivity index (χ3v) is 5.51. The number of alkyl halides is 3. The van der Waals surface area contributed by atoms with Gasteiger partial charge in [0.1, 0.15) is 0 Å². The number of nitrogens with zero attached hydrogens (tertiary/aromatic N) is 2. The van der Waals surface area contributed by atoms with Gasteiger partial charge in [0.15, 0.2) is 0 Å². The molecule has 29 heavy (non-hydrogen) atoms. The molecule has 11 heteroatoms. The fourth-order valence-corrected chi connectivity index (χ4v) is 3.78. The molecule has 0 bridgehead atoms. The first-order valence-corrected chi connectivity index (χ1v) is 9.09. The second-order valence-corrected chi connectivity index (χ2v) is 7.30. The lowest BCUT2D eigenvalue weighted by Crippen LogP contribution is -2.28. The summed E-state index contributed by atoms with van der Waals surface area (Å²) in [6.45, 7) is 1.54. The maximum Gasteiger partial charge on any atom is 0.417 e. The van der Waals surface area contributed by atoms with Gasteiger partial charge >= 0.3 is 6.18 Å². The molecule has 2 aromatic carbocycles. The summed E-state index contributed by atoms with van der Waals surface area (Å²) in [5.74, 6) is -0.786. The van der Waals surface area contributed by atoms with Crippen LogP contribution in [-0.2, 0) is 11.0 Å². The Labute approximate surface area is 171 Å². The Kier molecular flexibility index (Phi) is 5.42. The number of hydrogen-bond acceptors (Lipinski definition) is 5. The van der Waals surface area contributed by atoms with Gasteiger partial charge in [-0.2, -0.15) is 13.2 Å². The first kappa shape index (κ1) is 20.9. The molecule has 1 saturated heterocycles. The number of imide groups is 1. The number of rotatable bonds is 3. The van der Waals surface area contributed by atoms with Crippen molar-refractivity contribution < 1.29 is 27.7 Å². The molecular formula is C18H10ClF3N2O4S. The SMILES string of the molecule is C/C(=C1/SC(=O)N(c2ccc(Cl)c(C(F)(F)F)c2)C1=O)c1ccc([N+](=O)[O-])cc1. The Hall–Kier alpha value is -2.85. The molecule has 2 amide bonds. The fraction of sp³-hybridized carbons (Fsp3) is 0.111. The molecule has 1 aliphatic heterocycles. The molecule has 3 rings (SSSR count). The highest BCUT2D eigenvalue weighted by atomic mass is 35.5. The number of nitro benzene ring substituents is 1. The van der Waals surface area contributed by atoms with Gasteiger partial charge < -0.3 is 0 Å². The summed E-state index contributed by atoms with van der Waals surface area (Å²) in [5.41, 5.74) is -0.720. The van der Waals surface area contributed by atoms with E-state index in [0.29, 0.717) is 33.9 Å². The zero-order chi connectivity index (χ0) is 21.5. The van der Waals surface area contributed by atoms with Crippen LogP contribution in [-0.4, -0.2) is 16.1 Å². The van der Waals surface area contributed by atoms with E-state index in [0.717, 1.165) is 12.1 Å². The third-order valence-electron chi connectivity index (χ3n) is 4.13. The van der Waals surface area contributed by atoms with Gasteiger partial charge in [0.05, 0.1) is 26.1 Å². The average Bonchev–Trinajstić information content (AvgIpc) is 2.95. The number of anilines is 1. The minimum atomic E-state index is -4.75. The van der Waals surface area contributed by atoms with Crippen LogP contribution in [0.25, 0.3) is 5.57 Å². The molecule has 150 valence electrons. The van der Waals surface area contributed by atoms with Crippen molar-refractivity contribution in [2.24, 2.45) is 0 Å². The second-order valence-electron chi connectivity index (χ2n) is 5.93. The van der Waals surface area contributed by atoms with Crippen molar-refractivity contribution in [2.75, 3.05) is 4.90 Å². The summed E-state index contributed by atoms with van der Waals surface area (Å²) in [5, 5.41) is 9.44. The zero-order valence-electron chi connectivity index (χ0n) is 14.5. The van der Waals surface area contributed by atoms with Crippen molar-refractivity contribution in [1.29, 1.82) is 0 Å². The van der Waals surface area contributed by atoms with Crippen molar-refractivity contribution in [3.63, 3.8) is 0 Å². The van der Waals surface area contributed by atoms with Gasteiger partial charge in [0.2, 0.25) is 0 Å². The number of allylic oxidation sites excluding steroid dienone is 1. The molecule has 0 N–H and O–H groups in total. The highest BCUT2D eigenvalue weighted by Crippen LogP contribution is 2.42. The van der Waals surface area contributed by atoms with E-state index in [4.69, 9.17) is 11.6 Å². The van der Waals surface area contributed by atoms with Crippen LogP contribution in [0.4, 0.5) is 29.3 Å². The highest BCUT2D eigenvalue weighted by molar-refractivity contribution is 8.19. The number of non-ortho nitro benzene ring substituents is 1. The van der Waals surface area contributed by atoms with Crippen molar-refractivity contribution in [3.8, 4) is 0 Å². The average molecular weight is 443 g/mol. The van der Waals surface area contributed by atoms with Gasteiger partial charge in [0.25, 0.3) is 16.8 Å². The van der Waals surface area contributed by atoms with Gasteiger partial charge in [-0.25, -0.2) is 4.90 Å². The lowest BCUT2D eigenvalue weighted by Gasteiger charge is -2.16. The van der Waals surface area contributed by atoms with Crippen LogP contribution in [0, 0.1) is 10.1 Å². The van der Waals surface area contributed by atoms with E-state index >= 15 is 0 Å². The molecule has 0 saturated carbocycles. The van der Waals surface area contributed by atoms with E-state index in [1.54, 1.807) is 6.92 Å². The van der Waals surface area contributed by atoms with Gasteiger partial charge in [-0.3, -0.25) is 19.7 Å². The molecule has 2 aromatic rings. The molecule has 0 spiro atoms. The normalized spacial score (nSPS) is 16.4. The first-order valence-electron chi connectivity index (χ1n) is 7.89. The summed E-state index contributed by atoms with van der Waals surface area (Å²) in [7, 11) is 0. The van der Waals surface area contributed by atoms with Crippen LogP contribution in [0.2, 0.25) is 5.02 Å². The highest BCUT2D eigenvalue weighted by Gasteiger charge is 2.40. The van der Waals surface area contributed by atoms with E-state index in [-0.39, 0.29) is 16.3 Å². The van der Waals surface area contributed by atoms with E-state index < -0.39 is 32.8 Å². The molecule has 0 atom stereocenters. The number of thioether (sulfide) groups is 1. The Morgan fingerprint density at radius 1 is 1.14 bits per heavy atom. The predicted octanol–water partition coefficient (Wildman–Crippen LogP) is 5.90. The molecule has 0 aromatic heterocycles. The minimum absolute atomic E-state index is 0.0207. The van der Waals surface area contributed by atoms with Crippen LogP contribution in [0.5, 0.6) is 0 Å². The number of carbonyl (C=O) groups excluding carboxylic acids is 2. The van der Waals surface area contributed by atoms with E-state index in [1.165, 1.54) is 24.3 Å². The summed E-state index contributed by atoms with van der Waals surface area (Å²) in [6.07, 6.45) is -4.75. The van der Waals surface area contributed by atoms with Gasteiger partial charge in [0, 0.05) is 12.1 Å². The van der Waals surface area contributed by atoms with E-state index in [9.17, 15) is 32.9 Å². The quantitative estimate of drug-likeness (QED) is 0.336. The summed E-state index contributed by atoms with van der Waals surface area (Å²) in [4.78, 5) is 35.9. The van der Waals surface area contributed by atoms with Crippen LogP contribution in [0.15, 0.2) is 47.4 Å². The van der Waals surface area contributed by atoms with Crippen molar-refractivity contribution in [2.45, 2.75) is 13.1 Å². The van der Waals surface area contributed by atoms with Gasteiger partial charge in [-0.15, -0.1) is 0 Å². The molecule has 0 aliphatic carbocycles. The summed E-state index contributed by atoms with van der Waals surface area (Å²) in [6, 6.07) is 8.10. The van der Waals surface area contributed by atoms with Crippen LogP contribution < -0.4 is 4.90 Å². The first-order chi connectivity index (χ1) is 13.5. The fourth-order valence-electron chi connectivity index (χ4n) is 2.65. The molecule has 0 unspecified atom stereocenters. The van der Waals surface area contributed by atoms with Crippen LogP contribution in [0.1, 0.15) is 18.1 Å². The summed E-state index contributed by atoms with van der Waals surface area (Å²) >= 11 is 6.16. The van der Waals surface area contributed by atoms with Gasteiger partial charge in [-0.05, 0) is 60.2 Å². The van der Waals surface area contributed by atoms with Gasteiger partial charge in [-0.1, -0.05) is 11.6 Å². The Bertz CT molecular complexity index is 1070.